The Labute approximate surface area is 171 Å². The second-order valence-electron chi connectivity index (χ2n) is 7.59. The molecule has 0 saturated heterocycles. The third-order valence-corrected chi connectivity index (χ3v) is 4.67. The number of nitrogens with one attached hydrogen (secondary N) is 2. The second-order valence-corrected chi connectivity index (χ2v) is 7.59. The van der Waals surface area contributed by atoms with Crippen LogP contribution in [0.5, 0.6) is 0 Å². The predicted octanol–water partition coefficient (Wildman–Crippen LogP) is 2.68. The third-order valence-electron chi connectivity index (χ3n) is 4.67. The van der Waals surface area contributed by atoms with E-state index < -0.39 is 12.1 Å². The molecule has 0 aromatic heterocycles. The molecule has 2 aromatic carbocycles. The van der Waals surface area contributed by atoms with Gasteiger partial charge >= 0.3 is 0 Å². The fourth-order valence-electron chi connectivity index (χ4n) is 3.07. The van der Waals surface area contributed by atoms with Gasteiger partial charge in [-0.05, 0) is 17.0 Å². The summed E-state index contributed by atoms with van der Waals surface area (Å²) in [6.07, 6.45) is 0.0540. The van der Waals surface area contributed by atoms with E-state index in [-0.39, 0.29) is 11.8 Å². The number of nitrogens with zero attached hydrogens (tertiary/aromatic N) is 1. The summed E-state index contributed by atoms with van der Waals surface area (Å²) in [4.78, 5) is 30.8. The summed E-state index contributed by atoms with van der Waals surface area (Å²) in [7, 11) is 0. The van der Waals surface area contributed by atoms with E-state index in [1.54, 1.807) is 0 Å². The lowest BCUT2D eigenvalue weighted by Gasteiger charge is -2.20. The van der Waals surface area contributed by atoms with E-state index in [1.807, 2.05) is 74.5 Å². The number of hydrogen-bond donors (Lipinski definition) is 2. The Bertz CT molecular complexity index is 850. The maximum absolute atomic E-state index is 12.8. The van der Waals surface area contributed by atoms with E-state index in [2.05, 4.69) is 15.8 Å². The molecule has 152 valence electrons. The van der Waals surface area contributed by atoms with Crippen molar-refractivity contribution in [2.45, 2.75) is 38.8 Å². The first-order valence-corrected chi connectivity index (χ1v) is 9.93. The Balaban J connectivity index is 1.63. The maximum Gasteiger partial charge on any atom is 0.265 e. The fraction of sp³-hybridized carbons (Fsp3) is 0.348. The molecule has 29 heavy (non-hydrogen) atoms. The zero-order valence-electron chi connectivity index (χ0n) is 16.8. The highest BCUT2D eigenvalue weighted by Gasteiger charge is 2.32. The van der Waals surface area contributed by atoms with Crippen LogP contribution in [-0.4, -0.2) is 36.2 Å². The molecule has 3 rings (SSSR count). The first-order valence-electron chi connectivity index (χ1n) is 9.93. The quantitative estimate of drug-likeness (QED) is 0.724. The zero-order chi connectivity index (χ0) is 20.6. The molecule has 2 amide bonds. The van der Waals surface area contributed by atoms with E-state index in [0.29, 0.717) is 25.3 Å². The van der Waals surface area contributed by atoms with Crippen molar-refractivity contribution in [1.29, 1.82) is 0 Å². The number of benzene rings is 2. The molecular formula is C23H27N3O3. The lowest BCUT2D eigenvalue weighted by Crippen LogP contribution is -2.51. The van der Waals surface area contributed by atoms with E-state index in [9.17, 15) is 9.59 Å². The van der Waals surface area contributed by atoms with Crippen molar-refractivity contribution >= 4 is 17.5 Å². The van der Waals surface area contributed by atoms with Crippen LogP contribution in [0.15, 0.2) is 65.8 Å². The number of hydrogen-bond acceptors (Lipinski definition) is 4. The Hall–Kier alpha value is -3.15. The first kappa shape index (κ1) is 20.6. The number of rotatable bonds is 8. The topological polar surface area (TPSA) is 79.8 Å². The summed E-state index contributed by atoms with van der Waals surface area (Å²) >= 11 is 0. The lowest BCUT2D eigenvalue weighted by atomic mass is 10.0. The van der Waals surface area contributed by atoms with Crippen LogP contribution in [0.1, 0.15) is 31.4 Å². The molecule has 0 aliphatic carbocycles. The van der Waals surface area contributed by atoms with Crippen molar-refractivity contribution < 1.29 is 14.4 Å². The summed E-state index contributed by atoms with van der Waals surface area (Å²) in [5.41, 5.74) is 2.64. The van der Waals surface area contributed by atoms with Gasteiger partial charge in [-0.3, -0.25) is 9.59 Å². The molecule has 6 heteroatoms. The Morgan fingerprint density at radius 1 is 1.07 bits per heavy atom. The average molecular weight is 393 g/mol. The van der Waals surface area contributed by atoms with Gasteiger partial charge in [-0.25, -0.2) is 0 Å². The summed E-state index contributed by atoms with van der Waals surface area (Å²) in [5, 5.41) is 9.82. The van der Waals surface area contributed by atoms with Crippen LogP contribution in [-0.2, 0) is 20.8 Å². The van der Waals surface area contributed by atoms with Gasteiger partial charge in [0.15, 0.2) is 0 Å². The molecule has 0 radical (unpaired) electrons. The van der Waals surface area contributed by atoms with Gasteiger partial charge in [-0.15, -0.1) is 0 Å². The third kappa shape index (κ3) is 5.91. The van der Waals surface area contributed by atoms with Crippen molar-refractivity contribution in [1.82, 2.24) is 10.6 Å². The van der Waals surface area contributed by atoms with Gasteiger partial charge in [-0.1, -0.05) is 79.7 Å². The van der Waals surface area contributed by atoms with Crippen LogP contribution in [0.4, 0.5) is 0 Å². The van der Waals surface area contributed by atoms with Crippen LogP contribution in [0.25, 0.3) is 0 Å². The van der Waals surface area contributed by atoms with E-state index >= 15 is 0 Å². The van der Waals surface area contributed by atoms with Gasteiger partial charge in [0.2, 0.25) is 12.0 Å². The fourth-order valence-corrected chi connectivity index (χ4v) is 3.07. The van der Waals surface area contributed by atoms with Gasteiger partial charge in [0.1, 0.15) is 6.04 Å². The summed E-state index contributed by atoms with van der Waals surface area (Å²) in [6.45, 7) is 4.61. The largest absolute Gasteiger partial charge is 0.382 e. The van der Waals surface area contributed by atoms with Crippen LogP contribution in [0.2, 0.25) is 0 Å². The van der Waals surface area contributed by atoms with Gasteiger partial charge in [0, 0.05) is 19.4 Å². The smallest absolute Gasteiger partial charge is 0.265 e. The molecule has 0 saturated carbocycles. The van der Waals surface area contributed by atoms with E-state index in [4.69, 9.17) is 4.84 Å². The second kappa shape index (κ2) is 9.87. The van der Waals surface area contributed by atoms with Crippen LogP contribution in [0, 0.1) is 5.92 Å². The minimum absolute atomic E-state index is 0.196. The number of carbonyl (C=O) groups is 2. The highest BCUT2D eigenvalue weighted by Crippen LogP contribution is 2.17. The SMILES string of the molecule is CC(C)CNC(=O)[C@H](Cc1ccccc1)NC(=O)[C@@H]1CC(c2ccccc2)=NO1. The molecule has 2 N–H and O–H groups in total. The maximum atomic E-state index is 12.8. The van der Waals surface area contributed by atoms with Crippen molar-refractivity contribution in [3.63, 3.8) is 0 Å². The summed E-state index contributed by atoms with van der Waals surface area (Å²) in [6, 6.07) is 18.6. The van der Waals surface area contributed by atoms with Gasteiger partial charge in [-0.2, -0.15) is 0 Å². The molecule has 1 aliphatic rings. The minimum Gasteiger partial charge on any atom is -0.382 e. The molecule has 2 atom stereocenters. The molecule has 2 aromatic rings. The molecule has 0 bridgehead atoms. The van der Waals surface area contributed by atoms with Gasteiger partial charge in [0.05, 0.1) is 5.71 Å². The molecule has 6 nitrogen and oxygen atoms in total. The van der Waals surface area contributed by atoms with Crippen LogP contribution < -0.4 is 10.6 Å². The van der Waals surface area contributed by atoms with Crippen LogP contribution >= 0.6 is 0 Å². The van der Waals surface area contributed by atoms with Crippen molar-refractivity contribution in [3.8, 4) is 0 Å². The van der Waals surface area contributed by atoms with Crippen molar-refractivity contribution in [3.05, 3.63) is 71.8 Å². The molecule has 1 aliphatic heterocycles. The Kier molecular flexibility index (Phi) is 7.00. The van der Waals surface area contributed by atoms with E-state index in [1.165, 1.54) is 0 Å². The number of oxime groups is 1. The molecular weight excluding hydrogens is 366 g/mol. The van der Waals surface area contributed by atoms with Gasteiger partial charge < -0.3 is 15.5 Å². The highest BCUT2D eigenvalue weighted by molar-refractivity contribution is 6.04. The molecule has 0 fully saturated rings. The zero-order valence-corrected chi connectivity index (χ0v) is 16.8. The average Bonchev–Trinajstić information content (AvgIpc) is 3.23. The summed E-state index contributed by atoms with van der Waals surface area (Å²) < 4.78 is 0. The normalized spacial score (nSPS) is 16.7. The minimum atomic E-state index is -0.735. The van der Waals surface area contributed by atoms with E-state index in [0.717, 1.165) is 16.8 Å². The molecule has 0 spiro atoms. The van der Waals surface area contributed by atoms with Crippen molar-refractivity contribution in [2.24, 2.45) is 11.1 Å². The Morgan fingerprint density at radius 2 is 1.72 bits per heavy atom. The highest BCUT2D eigenvalue weighted by atomic mass is 16.6. The molecule has 0 unspecified atom stereocenters. The first-order chi connectivity index (χ1) is 14.0. The number of amides is 2. The predicted molar refractivity (Wildman–Crippen MR) is 112 cm³/mol. The molecule has 1 heterocycles. The van der Waals surface area contributed by atoms with Crippen molar-refractivity contribution in [2.75, 3.05) is 6.54 Å². The van der Waals surface area contributed by atoms with Gasteiger partial charge in [0.25, 0.3) is 5.91 Å². The van der Waals surface area contributed by atoms with Crippen LogP contribution in [0.3, 0.4) is 0 Å². The Morgan fingerprint density at radius 3 is 2.38 bits per heavy atom. The number of carbonyl (C=O) groups excluding carboxylic acids is 2. The summed E-state index contributed by atoms with van der Waals surface area (Å²) in [5.74, 6) is -0.203. The standard InChI is InChI=1S/C23H27N3O3/c1-16(2)15-24-22(27)20(13-17-9-5-3-6-10-17)25-23(28)21-14-19(26-29-21)18-11-7-4-8-12-18/h3-12,16,20-21H,13-15H2,1-2H3,(H,24,27)(H,25,28)/t20-,21-/m0/s1. The monoisotopic (exact) mass is 393 g/mol. The lowest BCUT2D eigenvalue weighted by molar-refractivity contribution is -0.135.